The lowest BCUT2D eigenvalue weighted by atomic mass is 9.97. The summed E-state index contributed by atoms with van der Waals surface area (Å²) in [6, 6.07) is 10.3. The molecule has 6 heterocycles. The fourth-order valence-electron chi connectivity index (χ4n) is 6.42. The Hall–Kier alpha value is -3.59. The number of nitrogens with two attached hydrogens (primary N) is 2. The zero-order valence-electron chi connectivity index (χ0n) is 21.4. The summed E-state index contributed by atoms with van der Waals surface area (Å²) in [5, 5.41) is 1.08. The Bertz CT molecular complexity index is 1550. The number of hydrogen-bond acceptors (Lipinski definition) is 6. The molecule has 0 aromatic carbocycles. The molecule has 3 fully saturated rings. The molecule has 1 amide bonds. The molecule has 4 aromatic rings. The topological polar surface area (TPSA) is 117 Å². The van der Waals surface area contributed by atoms with Crippen LogP contribution in [0.1, 0.15) is 55.1 Å². The van der Waals surface area contributed by atoms with Gasteiger partial charge in [0.2, 0.25) is 5.88 Å². The van der Waals surface area contributed by atoms with Gasteiger partial charge in [-0.2, -0.15) is 0 Å². The quantitative estimate of drug-likeness (QED) is 0.419. The lowest BCUT2D eigenvalue weighted by Gasteiger charge is -2.23. The second-order valence-electron chi connectivity index (χ2n) is 10.9. The van der Waals surface area contributed by atoms with Crippen LogP contribution in [0.25, 0.3) is 28.1 Å². The van der Waals surface area contributed by atoms with Gasteiger partial charge in [0.05, 0.1) is 12.8 Å². The number of fused-ring (bicyclic) bond motifs is 4. The van der Waals surface area contributed by atoms with Crippen LogP contribution in [-0.4, -0.2) is 55.0 Å². The van der Waals surface area contributed by atoms with Gasteiger partial charge in [-0.3, -0.25) is 4.79 Å². The van der Waals surface area contributed by atoms with Crippen molar-refractivity contribution in [2.24, 2.45) is 11.7 Å². The summed E-state index contributed by atoms with van der Waals surface area (Å²) >= 11 is 0. The molecule has 2 bridgehead atoms. The normalized spacial score (nSPS) is 23.0. The average Bonchev–Trinajstić information content (AvgIpc) is 3.23. The van der Waals surface area contributed by atoms with E-state index in [1.807, 2.05) is 11.0 Å². The predicted molar refractivity (Wildman–Crippen MR) is 143 cm³/mol. The summed E-state index contributed by atoms with van der Waals surface area (Å²) in [7, 11) is 1.60. The van der Waals surface area contributed by atoms with E-state index in [4.69, 9.17) is 26.2 Å². The molecule has 3 atom stereocenters. The van der Waals surface area contributed by atoms with Crippen LogP contribution in [0.15, 0.2) is 30.3 Å². The number of carbonyl (C=O) groups is 1. The van der Waals surface area contributed by atoms with Crippen LogP contribution in [0, 0.1) is 5.92 Å². The number of amides is 1. The first-order chi connectivity index (χ1) is 18.0. The van der Waals surface area contributed by atoms with E-state index in [1.165, 1.54) is 12.8 Å². The monoisotopic (exact) mass is 499 g/mol. The summed E-state index contributed by atoms with van der Waals surface area (Å²) < 4.78 is 9.79. The number of methoxy groups -OCH3 is 1. The van der Waals surface area contributed by atoms with Crippen LogP contribution in [0.4, 0.5) is 5.82 Å². The van der Waals surface area contributed by atoms with Gasteiger partial charge >= 0.3 is 0 Å². The molecule has 1 aliphatic carbocycles. The molecule has 2 saturated heterocycles. The third-order valence-corrected chi connectivity index (χ3v) is 8.54. The molecule has 4 aromatic heterocycles. The first-order valence-electron chi connectivity index (χ1n) is 13.4. The Morgan fingerprint density at radius 3 is 2.65 bits per heavy atom. The van der Waals surface area contributed by atoms with Crippen LogP contribution >= 0.6 is 0 Å². The fourth-order valence-corrected chi connectivity index (χ4v) is 6.42. The molecule has 4 N–H and O–H groups in total. The van der Waals surface area contributed by atoms with E-state index in [0.717, 1.165) is 54.6 Å². The number of ether oxygens (including phenoxy) is 1. The summed E-state index contributed by atoms with van der Waals surface area (Å²) in [5.41, 5.74) is 17.9. The molecule has 0 radical (unpaired) electrons. The number of carbonyl (C=O) groups excluding carboxylic acids is 1. The number of pyridine rings is 2. The van der Waals surface area contributed by atoms with E-state index in [2.05, 4.69) is 29.7 Å². The molecule has 1 saturated carbocycles. The summed E-state index contributed by atoms with van der Waals surface area (Å²) in [6.45, 7) is 3.01. The van der Waals surface area contributed by atoms with Crippen molar-refractivity contribution in [3.8, 4) is 17.3 Å². The highest BCUT2D eigenvalue weighted by Gasteiger charge is 2.47. The van der Waals surface area contributed by atoms with Gasteiger partial charge in [0.25, 0.3) is 5.91 Å². The Labute approximate surface area is 215 Å². The zero-order chi connectivity index (χ0) is 25.4. The number of nitrogen functional groups attached to an aromatic ring is 1. The minimum Gasteiger partial charge on any atom is -0.482 e. The number of anilines is 1. The second kappa shape index (κ2) is 8.21. The molecule has 2 aliphatic heterocycles. The predicted octanol–water partition coefficient (Wildman–Crippen LogP) is 3.62. The lowest BCUT2D eigenvalue weighted by Crippen LogP contribution is -2.40. The van der Waals surface area contributed by atoms with Crippen molar-refractivity contribution in [1.82, 2.24) is 23.8 Å². The molecule has 3 aliphatic rings. The first-order valence-corrected chi connectivity index (χ1v) is 13.4. The molecule has 9 heteroatoms. The molecular weight excluding hydrogens is 466 g/mol. The largest absolute Gasteiger partial charge is 0.482 e. The third-order valence-electron chi connectivity index (χ3n) is 8.54. The Balaban J connectivity index is 1.36. The standard InChI is InChI=1S/C28H33N7O2/c1-3-18-7-6-16-10-22(33(27(16)31-18)14-15-4-5-15)25-26(30)35-23(32-25)11-17(12-24(35)37-2)28(36)34-19-8-9-21(34)20(29)13-19/h6-7,10-12,15,19-21H,3-5,8-9,13-14,29-30H2,1-2H3/t19-,20+,21+/m0/s1. The smallest absolute Gasteiger partial charge is 0.254 e. The van der Waals surface area contributed by atoms with Crippen molar-refractivity contribution in [3.05, 3.63) is 41.6 Å². The second-order valence-corrected chi connectivity index (χ2v) is 10.9. The number of aromatic nitrogens is 4. The van der Waals surface area contributed by atoms with E-state index in [-0.39, 0.29) is 24.0 Å². The van der Waals surface area contributed by atoms with Crippen LogP contribution in [-0.2, 0) is 13.0 Å². The molecule has 0 unspecified atom stereocenters. The van der Waals surface area contributed by atoms with E-state index < -0.39 is 0 Å². The van der Waals surface area contributed by atoms with Gasteiger partial charge in [-0.15, -0.1) is 0 Å². The number of imidazole rings is 1. The van der Waals surface area contributed by atoms with Crippen molar-refractivity contribution in [3.63, 3.8) is 0 Å². The third kappa shape index (κ3) is 3.43. The highest BCUT2D eigenvalue weighted by atomic mass is 16.5. The molecular formula is C28H33N7O2. The fraction of sp³-hybridized carbons (Fsp3) is 0.464. The summed E-state index contributed by atoms with van der Waals surface area (Å²) in [4.78, 5) is 25.5. The van der Waals surface area contributed by atoms with E-state index in [9.17, 15) is 4.79 Å². The Morgan fingerprint density at radius 1 is 1.14 bits per heavy atom. The molecule has 7 rings (SSSR count). The Morgan fingerprint density at radius 2 is 1.97 bits per heavy atom. The number of rotatable bonds is 6. The highest BCUT2D eigenvalue weighted by Crippen LogP contribution is 2.40. The van der Waals surface area contributed by atoms with Crippen LogP contribution in [0.3, 0.4) is 0 Å². The van der Waals surface area contributed by atoms with Gasteiger partial charge in [0.1, 0.15) is 22.8 Å². The molecule has 9 nitrogen and oxygen atoms in total. The maximum Gasteiger partial charge on any atom is 0.254 e. The number of nitrogens with zero attached hydrogens (tertiary/aromatic N) is 5. The minimum absolute atomic E-state index is 0.0106. The SMILES string of the molecule is CCc1ccc2cc(-c3nc4cc(C(=O)N5[C@H]6CC[C@@H]5[C@H](N)C6)cc(OC)n4c3N)n(CC3CC3)c2n1. The van der Waals surface area contributed by atoms with Gasteiger partial charge in [0.15, 0.2) is 0 Å². The van der Waals surface area contributed by atoms with Crippen molar-refractivity contribution in [1.29, 1.82) is 0 Å². The van der Waals surface area contributed by atoms with E-state index >= 15 is 0 Å². The minimum atomic E-state index is -0.0106. The van der Waals surface area contributed by atoms with Crippen LogP contribution in [0.2, 0.25) is 0 Å². The molecule has 37 heavy (non-hydrogen) atoms. The maximum absolute atomic E-state index is 13.6. The van der Waals surface area contributed by atoms with Crippen LogP contribution < -0.4 is 16.2 Å². The number of aryl methyl sites for hydroxylation is 1. The first kappa shape index (κ1) is 22.6. The van der Waals surface area contributed by atoms with E-state index in [0.29, 0.717) is 34.5 Å². The van der Waals surface area contributed by atoms with Crippen molar-refractivity contribution < 1.29 is 9.53 Å². The maximum atomic E-state index is 13.6. The van der Waals surface area contributed by atoms with Gasteiger partial charge in [-0.1, -0.05) is 6.92 Å². The van der Waals surface area contributed by atoms with Gasteiger partial charge in [-0.05, 0) is 68.7 Å². The Kier molecular flexibility index (Phi) is 5.01. The highest BCUT2D eigenvalue weighted by molar-refractivity contribution is 5.97. The van der Waals surface area contributed by atoms with Crippen molar-refractivity contribution in [2.75, 3.05) is 12.8 Å². The number of hydrogen-bond donors (Lipinski definition) is 2. The average molecular weight is 500 g/mol. The van der Waals surface area contributed by atoms with Gasteiger partial charge in [0, 0.05) is 47.4 Å². The van der Waals surface area contributed by atoms with Gasteiger partial charge in [-0.25, -0.2) is 14.4 Å². The molecule has 192 valence electrons. The van der Waals surface area contributed by atoms with Gasteiger partial charge < -0.3 is 25.7 Å². The summed E-state index contributed by atoms with van der Waals surface area (Å²) in [6.07, 6.45) is 6.20. The van der Waals surface area contributed by atoms with Crippen molar-refractivity contribution in [2.45, 2.75) is 70.1 Å². The lowest BCUT2D eigenvalue weighted by molar-refractivity contribution is 0.0726. The van der Waals surface area contributed by atoms with Crippen LogP contribution in [0.5, 0.6) is 5.88 Å². The zero-order valence-corrected chi connectivity index (χ0v) is 21.4. The summed E-state index contributed by atoms with van der Waals surface area (Å²) in [5.74, 6) is 1.62. The van der Waals surface area contributed by atoms with Crippen molar-refractivity contribution >= 4 is 28.4 Å². The molecule has 0 spiro atoms. The van der Waals surface area contributed by atoms with E-state index in [1.54, 1.807) is 17.6 Å².